The normalized spacial score (nSPS) is 21.3. The van der Waals surface area contributed by atoms with Crippen LogP contribution in [-0.2, 0) is 0 Å². The predicted molar refractivity (Wildman–Crippen MR) is 48.1 cm³/mol. The van der Waals surface area contributed by atoms with Gasteiger partial charge in [-0.1, -0.05) is 13.3 Å². The second-order valence-electron chi connectivity index (χ2n) is 2.69. The van der Waals surface area contributed by atoms with Crippen LogP contribution in [0.1, 0.15) is 19.8 Å². The van der Waals surface area contributed by atoms with E-state index in [1.807, 2.05) is 11.8 Å². The second-order valence-corrected chi connectivity index (χ2v) is 3.77. The van der Waals surface area contributed by atoms with Gasteiger partial charge in [0.15, 0.2) is 0 Å². The third-order valence-electron chi connectivity index (χ3n) is 1.80. The van der Waals surface area contributed by atoms with Crippen molar-refractivity contribution in [1.29, 1.82) is 0 Å². The Kier molecular flexibility index (Phi) is 4.23. The molecule has 0 spiro atoms. The number of hydrogen-bond acceptors (Lipinski definition) is 2. The van der Waals surface area contributed by atoms with Gasteiger partial charge >= 0.3 is 0 Å². The molecule has 0 N–H and O–H groups in total. The number of rotatable bonds is 3. The fourth-order valence-corrected chi connectivity index (χ4v) is 1.95. The van der Waals surface area contributed by atoms with E-state index in [-0.39, 0.29) is 0 Å². The van der Waals surface area contributed by atoms with Crippen molar-refractivity contribution >= 4 is 11.8 Å². The predicted octanol–water partition coefficient (Wildman–Crippen LogP) is 2.00. The summed E-state index contributed by atoms with van der Waals surface area (Å²) in [6.45, 7) is 6.04. The maximum atomic E-state index is 2.53. The highest BCUT2D eigenvalue weighted by molar-refractivity contribution is 8.01. The van der Waals surface area contributed by atoms with Gasteiger partial charge in [0.05, 0.1) is 0 Å². The van der Waals surface area contributed by atoms with Crippen LogP contribution < -0.4 is 0 Å². The van der Waals surface area contributed by atoms with Gasteiger partial charge in [-0.2, -0.15) is 11.8 Å². The van der Waals surface area contributed by atoms with Crippen molar-refractivity contribution in [3.05, 3.63) is 5.75 Å². The van der Waals surface area contributed by atoms with E-state index in [2.05, 4.69) is 17.6 Å². The van der Waals surface area contributed by atoms with Crippen LogP contribution in [0.15, 0.2) is 0 Å². The minimum Gasteiger partial charge on any atom is -0.301 e. The van der Waals surface area contributed by atoms with Crippen LogP contribution in [0.3, 0.4) is 0 Å². The van der Waals surface area contributed by atoms with E-state index >= 15 is 0 Å². The highest BCUT2D eigenvalue weighted by atomic mass is 32.2. The van der Waals surface area contributed by atoms with Gasteiger partial charge in [0.25, 0.3) is 0 Å². The summed E-state index contributed by atoms with van der Waals surface area (Å²) in [5.74, 6) is 3.61. The molecule has 0 aliphatic carbocycles. The fourth-order valence-electron chi connectivity index (χ4n) is 1.10. The highest BCUT2D eigenvalue weighted by Crippen LogP contribution is 2.13. The van der Waals surface area contributed by atoms with Crippen LogP contribution in [0.25, 0.3) is 0 Å². The molecule has 1 fully saturated rings. The van der Waals surface area contributed by atoms with Crippen molar-refractivity contribution in [3.8, 4) is 0 Å². The molecule has 0 unspecified atom stereocenters. The van der Waals surface area contributed by atoms with Crippen LogP contribution in [0.5, 0.6) is 0 Å². The number of unbranched alkanes of at least 4 members (excludes halogenated alkanes) is 1. The summed E-state index contributed by atoms with van der Waals surface area (Å²) in [7, 11) is 0. The maximum Gasteiger partial charge on any atom is 0.0306 e. The molecule has 0 aromatic heterocycles. The lowest BCUT2D eigenvalue weighted by molar-refractivity contribution is 0.307. The quantitative estimate of drug-likeness (QED) is 0.618. The summed E-state index contributed by atoms with van der Waals surface area (Å²) in [6, 6.07) is 0. The van der Waals surface area contributed by atoms with Crippen molar-refractivity contribution in [2.45, 2.75) is 19.8 Å². The first-order valence-corrected chi connectivity index (χ1v) is 5.14. The van der Waals surface area contributed by atoms with Crippen LogP contribution >= 0.6 is 11.8 Å². The van der Waals surface area contributed by atoms with Crippen molar-refractivity contribution in [3.63, 3.8) is 0 Å². The molecule has 0 amide bonds. The molecular formula is C8H16NS. The Bertz CT molecular complexity index is 79.3. The average molecular weight is 158 g/mol. The zero-order chi connectivity index (χ0) is 7.23. The van der Waals surface area contributed by atoms with E-state index in [1.54, 1.807) is 0 Å². The maximum absolute atomic E-state index is 2.53. The molecule has 0 saturated carbocycles. The first-order chi connectivity index (χ1) is 4.93. The van der Waals surface area contributed by atoms with Gasteiger partial charge in [0, 0.05) is 24.6 Å². The molecule has 1 rings (SSSR count). The van der Waals surface area contributed by atoms with Crippen molar-refractivity contribution in [2.24, 2.45) is 0 Å². The summed E-state index contributed by atoms with van der Waals surface area (Å²) in [5, 5.41) is 0. The van der Waals surface area contributed by atoms with Crippen LogP contribution in [0.4, 0.5) is 0 Å². The Labute approximate surface area is 68.2 Å². The van der Waals surface area contributed by atoms with Gasteiger partial charge in [-0.15, -0.1) is 0 Å². The number of thioether (sulfide) groups is 1. The number of nitrogens with zero attached hydrogens (tertiary/aromatic N) is 1. The Hall–Kier alpha value is 0.310. The Morgan fingerprint density at radius 1 is 1.60 bits per heavy atom. The summed E-state index contributed by atoms with van der Waals surface area (Å²) in [4.78, 5) is 2.53. The smallest absolute Gasteiger partial charge is 0.0306 e. The highest BCUT2D eigenvalue weighted by Gasteiger charge is 2.08. The average Bonchev–Trinajstić information content (AvgIpc) is 2.03. The largest absolute Gasteiger partial charge is 0.301 e. The molecule has 1 aliphatic heterocycles. The summed E-state index contributed by atoms with van der Waals surface area (Å²) >= 11 is 1.97. The standard InChI is InChI=1S/C8H16NS/c1-2-3-4-9-5-7-10-8-6-9/h7H,2-6,8H2,1H3. The first-order valence-electron chi connectivity index (χ1n) is 4.09. The zero-order valence-electron chi connectivity index (χ0n) is 6.68. The molecule has 0 aromatic rings. The van der Waals surface area contributed by atoms with Gasteiger partial charge in [-0.05, 0) is 13.0 Å². The van der Waals surface area contributed by atoms with Crippen molar-refractivity contribution in [2.75, 3.05) is 25.4 Å². The van der Waals surface area contributed by atoms with E-state index < -0.39 is 0 Å². The van der Waals surface area contributed by atoms with Gasteiger partial charge in [-0.3, -0.25) is 0 Å². The lowest BCUT2D eigenvalue weighted by Gasteiger charge is -2.25. The van der Waals surface area contributed by atoms with Gasteiger partial charge in [0.2, 0.25) is 0 Å². The molecule has 59 valence electrons. The number of hydrogen-bond donors (Lipinski definition) is 0. The zero-order valence-corrected chi connectivity index (χ0v) is 7.49. The topological polar surface area (TPSA) is 3.24 Å². The van der Waals surface area contributed by atoms with Crippen LogP contribution in [0.2, 0.25) is 0 Å². The molecule has 1 saturated heterocycles. The Morgan fingerprint density at radius 2 is 2.50 bits per heavy atom. The minimum atomic E-state index is 1.20. The Balaban J connectivity index is 2.02. The van der Waals surface area contributed by atoms with E-state index in [0.717, 1.165) is 0 Å². The summed E-state index contributed by atoms with van der Waals surface area (Å²) in [6.07, 6.45) is 2.68. The SMILES string of the molecule is CCCCN1C[CH]SCC1. The molecule has 1 radical (unpaired) electrons. The first kappa shape index (κ1) is 8.41. The van der Waals surface area contributed by atoms with E-state index in [0.29, 0.717) is 0 Å². The lowest BCUT2D eigenvalue weighted by atomic mass is 10.3. The third-order valence-corrected chi connectivity index (χ3v) is 2.61. The minimum absolute atomic E-state index is 1.20. The molecule has 2 heteroatoms. The van der Waals surface area contributed by atoms with Crippen LogP contribution in [-0.4, -0.2) is 30.3 Å². The van der Waals surface area contributed by atoms with Crippen molar-refractivity contribution in [1.82, 2.24) is 4.90 Å². The van der Waals surface area contributed by atoms with E-state index in [1.165, 1.54) is 38.2 Å². The molecule has 1 nitrogen and oxygen atoms in total. The molecule has 0 atom stereocenters. The van der Waals surface area contributed by atoms with Gasteiger partial charge < -0.3 is 4.90 Å². The molecule has 10 heavy (non-hydrogen) atoms. The lowest BCUT2D eigenvalue weighted by Crippen LogP contribution is -2.31. The third kappa shape index (κ3) is 2.93. The molecule has 0 bridgehead atoms. The second kappa shape index (κ2) is 5.03. The van der Waals surface area contributed by atoms with Gasteiger partial charge in [0.1, 0.15) is 0 Å². The summed E-state index contributed by atoms with van der Waals surface area (Å²) in [5.41, 5.74) is 0. The Morgan fingerprint density at radius 3 is 3.10 bits per heavy atom. The van der Waals surface area contributed by atoms with E-state index in [4.69, 9.17) is 0 Å². The van der Waals surface area contributed by atoms with Crippen molar-refractivity contribution < 1.29 is 0 Å². The molecule has 0 aromatic carbocycles. The monoisotopic (exact) mass is 158 g/mol. The van der Waals surface area contributed by atoms with Crippen LogP contribution in [0, 0.1) is 5.75 Å². The van der Waals surface area contributed by atoms with Gasteiger partial charge in [-0.25, -0.2) is 0 Å². The summed E-state index contributed by atoms with van der Waals surface area (Å²) < 4.78 is 0. The molecule has 1 heterocycles. The molecular weight excluding hydrogens is 142 g/mol. The van der Waals surface area contributed by atoms with E-state index in [9.17, 15) is 0 Å². The molecule has 1 aliphatic rings. The fraction of sp³-hybridized carbons (Fsp3) is 0.875.